The minimum absolute atomic E-state index is 0.0816. The first-order chi connectivity index (χ1) is 7.31. The van der Waals surface area contributed by atoms with Crippen molar-refractivity contribution in [1.82, 2.24) is 5.43 Å². The molecule has 15 heavy (non-hydrogen) atoms. The molecule has 2 rings (SSSR count). The van der Waals surface area contributed by atoms with Crippen molar-refractivity contribution in [3.05, 3.63) is 56.7 Å². The first kappa shape index (κ1) is 10.8. The molecule has 1 aromatic heterocycles. The predicted molar refractivity (Wildman–Crippen MR) is 67.6 cm³/mol. The van der Waals surface area contributed by atoms with Gasteiger partial charge in [-0.15, -0.1) is 11.3 Å². The summed E-state index contributed by atoms with van der Waals surface area (Å²) < 4.78 is 1.08. The van der Waals surface area contributed by atoms with Crippen LogP contribution in [-0.2, 0) is 0 Å². The minimum Gasteiger partial charge on any atom is -0.271 e. The van der Waals surface area contributed by atoms with E-state index in [-0.39, 0.29) is 6.04 Å². The normalized spacial score (nSPS) is 12.7. The third-order valence-corrected chi connectivity index (χ3v) is 3.66. The molecule has 0 aliphatic heterocycles. The fourth-order valence-corrected chi connectivity index (χ4v) is 2.53. The van der Waals surface area contributed by atoms with Crippen molar-refractivity contribution in [2.75, 3.05) is 0 Å². The summed E-state index contributed by atoms with van der Waals surface area (Å²) in [5.74, 6) is 5.58. The van der Waals surface area contributed by atoms with Crippen LogP contribution in [0.15, 0.2) is 46.3 Å². The second-order valence-corrected chi connectivity index (χ2v) is 5.06. The Morgan fingerprint density at radius 1 is 1.20 bits per heavy atom. The van der Waals surface area contributed by atoms with E-state index < -0.39 is 0 Å². The lowest BCUT2D eigenvalue weighted by Gasteiger charge is -2.14. The van der Waals surface area contributed by atoms with Crippen molar-refractivity contribution in [2.45, 2.75) is 6.04 Å². The highest BCUT2D eigenvalue weighted by atomic mass is 79.9. The van der Waals surface area contributed by atoms with Gasteiger partial charge in [-0.05, 0) is 29.1 Å². The van der Waals surface area contributed by atoms with Gasteiger partial charge in [-0.25, -0.2) is 5.43 Å². The number of halogens is 1. The van der Waals surface area contributed by atoms with Crippen molar-refractivity contribution < 1.29 is 0 Å². The van der Waals surface area contributed by atoms with Gasteiger partial charge in [0.2, 0.25) is 0 Å². The molecular formula is C11H11BrN2S. The summed E-state index contributed by atoms with van der Waals surface area (Å²) in [6.07, 6.45) is 0. The number of hydrazine groups is 1. The molecule has 0 aliphatic rings. The molecule has 1 heterocycles. The number of nitrogens with two attached hydrogens (primary N) is 1. The molecule has 0 amide bonds. The fraction of sp³-hybridized carbons (Fsp3) is 0.0909. The Kier molecular flexibility index (Phi) is 3.53. The van der Waals surface area contributed by atoms with Gasteiger partial charge in [0.25, 0.3) is 0 Å². The van der Waals surface area contributed by atoms with Gasteiger partial charge in [-0.2, -0.15) is 0 Å². The predicted octanol–water partition coefficient (Wildman–Crippen LogP) is 3.06. The van der Waals surface area contributed by atoms with Gasteiger partial charge in [0.1, 0.15) is 0 Å². The molecule has 0 saturated carbocycles. The highest BCUT2D eigenvalue weighted by molar-refractivity contribution is 9.10. The van der Waals surface area contributed by atoms with E-state index in [1.54, 1.807) is 11.3 Å². The van der Waals surface area contributed by atoms with E-state index in [9.17, 15) is 0 Å². The standard InChI is InChI=1S/C11H11BrN2S/c12-9-5-3-8(4-6-9)11(14-13)10-2-1-7-15-10/h1-7,11,14H,13H2. The molecule has 4 heteroatoms. The number of nitrogens with one attached hydrogen (secondary N) is 1. The molecule has 78 valence electrons. The lowest BCUT2D eigenvalue weighted by molar-refractivity contribution is 0.646. The van der Waals surface area contributed by atoms with E-state index in [1.807, 2.05) is 18.2 Å². The Morgan fingerprint density at radius 3 is 2.47 bits per heavy atom. The topological polar surface area (TPSA) is 38.0 Å². The van der Waals surface area contributed by atoms with E-state index in [0.29, 0.717) is 0 Å². The zero-order valence-electron chi connectivity index (χ0n) is 7.98. The van der Waals surface area contributed by atoms with Crippen molar-refractivity contribution in [3.8, 4) is 0 Å². The Bertz CT molecular complexity index is 411. The zero-order valence-corrected chi connectivity index (χ0v) is 10.4. The van der Waals surface area contributed by atoms with Crippen molar-refractivity contribution in [2.24, 2.45) is 5.84 Å². The van der Waals surface area contributed by atoms with E-state index in [1.165, 1.54) is 10.4 Å². The van der Waals surface area contributed by atoms with Gasteiger partial charge in [-0.3, -0.25) is 5.84 Å². The van der Waals surface area contributed by atoms with Gasteiger partial charge >= 0.3 is 0 Å². The minimum atomic E-state index is 0.0816. The van der Waals surface area contributed by atoms with Crippen molar-refractivity contribution >= 4 is 27.3 Å². The summed E-state index contributed by atoms with van der Waals surface area (Å²) in [5.41, 5.74) is 4.00. The Hall–Kier alpha value is -0.680. The third-order valence-electron chi connectivity index (χ3n) is 2.20. The van der Waals surface area contributed by atoms with E-state index in [0.717, 1.165) is 4.47 Å². The SMILES string of the molecule is NNC(c1ccc(Br)cc1)c1cccs1. The summed E-state index contributed by atoms with van der Waals surface area (Å²) in [4.78, 5) is 1.22. The molecule has 0 bridgehead atoms. The third kappa shape index (κ3) is 2.46. The monoisotopic (exact) mass is 282 g/mol. The van der Waals surface area contributed by atoms with Crippen LogP contribution < -0.4 is 11.3 Å². The van der Waals surface area contributed by atoms with Crippen LogP contribution in [0.4, 0.5) is 0 Å². The van der Waals surface area contributed by atoms with Crippen LogP contribution in [0.5, 0.6) is 0 Å². The maximum atomic E-state index is 5.58. The average molecular weight is 283 g/mol. The second kappa shape index (κ2) is 4.90. The van der Waals surface area contributed by atoms with Crippen LogP contribution in [-0.4, -0.2) is 0 Å². The number of rotatable bonds is 3. The molecule has 3 N–H and O–H groups in total. The molecule has 0 saturated heterocycles. The highest BCUT2D eigenvalue weighted by Gasteiger charge is 2.12. The van der Waals surface area contributed by atoms with E-state index in [2.05, 4.69) is 44.9 Å². The largest absolute Gasteiger partial charge is 0.271 e. The molecule has 1 atom stereocenters. The maximum absolute atomic E-state index is 5.58. The zero-order chi connectivity index (χ0) is 10.7. The van der Waals surface area contributed by atoms with Crippen LogP contribution in [0.2, 0.25) is 0 Å². The van der Waals surface area contributed by atoms with Crippen LogP contribution in [0.25, 0.3) is 0 Å². The van der Waals surface area contributed by atoms with Gasteiger partial charge in [0, 0.05) is 9.35 Å². The molecule has 0 fully saturated rings. The number of thiophene rings is 1. The lowest BCUT2D eigenvalue weighted by atomic mass is 10.1. The Balaban J connectivity index is 2.31. The highest BCUT2D eigenvalue weighted by Crippen LogP contribution is 2.26. The quantitative estimate of drug-likeness (QED) is 0.671. The number of hydrogen-bond donors (Lipinski definition) is 2. The van der Waals surface area contributed by atoms with Crippen LogP contribution in [0, 0.1) is 0 Å². The lowest BCUT2D eigenvalue weighted by Crippen LogP contribution is -2.28. The molecular weight excluding hydrogens is 272 g/mol. The summed E-state index contributed by atoms with van der Waals surface area (Å²) in [5, 5.41) is 2.05. The van der Waals surface area contributed by atoms with Crippen molar-refractivity contribution in [3.63, 3.8) is 0 Å². The second-order valence-electron chi connectivity index (χ2n) is 3.17. The first-order valence-corrected chi connectivity index (χ1v) is 6.23. The molecule has 1 unspecified atom stereocenters. The van der Waals surface area contributed by atoms with Gasteiger partial charge in [0.05, 0.1) is 6.04 Å². The summed E-state index contributed by atoms with van der Waals surface area (Å²) in [7, 11) is 0. The molecule has 2 aromatic rings. The molecule has 1 aromatic carbocycles. The number of hydrogen-bond acceptors (Lipinski definition) is 3. The number of benzene rings is 1. The van der Waals surface area contributed by atoms with Crippen LogP contribution in [0.3, 0.4) is 0 Å². The van der Waals surface area contributed by atoms with Gasteiger partial charge in [0.15, 0.2) is 0 Å². The Labute approximate surface area is 101 Å². The maximum Gasteiger partial charge on any atom is 0.0802 e. The van der Waals surface area contributed by atoms with Crippen LogP contribution in [0.1, 0.15) is 16.5 Å². The molecule has 2 nitrogen and oxygen atoms in total. The summed E-state index contributed by atoms with van der Waals surface area (Å²) in [6, 6.07) is 12.4. The fourth-order valence-electron chi connectivity index (χ4n) is 1.45. The summed E-state index contributed by atoms with van der Waals surface area (Å²) in [6.45, 7) is 0. The van der Waals surface area contributed by atoms with Crippen molar-refractivity contribution in [1.29, 1.82) is 0 Å². The molecule has 0 radical (unpaired) electrons. The van der Waals surface area contributed by atoms with Gasteiger partial charge < -0.3 is 0 Å². The first-order valence-electron chi connectivity index (χ1n) is 4.56. The molecule has 0 aliphatic carbocycles. The van der Waals surface area contributed by atoms with Gasteiger partial charge in [-0.1, -0.05) is 34.1 Å². The van der Waals surface area contributed by atoms with Crippen LogP contribution >= 0.6 is 27.3 Å². The molecule has 0 spiro atoms. The smallest absolute Gasteiger partial charge is 0.0802 e. The average Bonchev–Trinajstić information content (AvgIpc) is 2.75. The Morgan fingerprint density at radius 2 is 1.93 bits per heavy atom. The van der Waals surface area contributed by atoms with E-state index in [4.69, 9.17) is 5.84 Å². The van der Waals surface area contributed by atoms with E-state index >= 15 is 0 Å². The summed E-state index contributed by atoms with van der Waals surface area (Å²) >= 11 is 5.12.